The van der Waals surface area contributed by atoms with E-state index in [1.54, 1.807) is 6.92 Å². The van der Waals surface area contributed by atoms with Crippen molar-refractivity contribution in [3.8, 4) is 0 Å². The fourth-order valence-electron chi connectivity index (χ4n) is 2.55. The van der Waals surface area contributed by atoms with Crippen LogP contribution in [0.5, 0.6) is 0 Å². The molecule has 0 bridgehead atoms. The van der Waals surface area contributed by atoms with Gasteiger partial charge in [0.2, 0.25) is 15.7 Å². The molecule has 2 aromatic rings. The van der Waals surface area contributed by atoms with Crippen molar-refractivity contribution >= 4 is 38.4 Å². The van der Waals surface area contributed by atoms with Crippen molar-refractivity contribution in [1.82, 2.24) is 13.9 Å². The molecule has 0 saturated carbocycles. The summed E-state index contributed by atoms with van der Waals surface area (Å²) in [5.74, 6) is -2.66. The van der Waals surface area contributed by atoms with Gasteiger partial charge < -0.3 is 14.8 Å². The number of sulfonamides is 1. The van der Waals surface area contributed by atoms with E-state index in [0.717, 1.165) is 18.2 Å². The summed E-state index contributed by atoms with van der Waals surface area (Å²) in [6.07, 6.45) is 0. The van der Waals surface area contributed by atoms with E-state index in [4.69, 9.17) is 9.47 Å². The standard InChI is InChI=1S/C16H17FN4O6S2/c1-2-27-16(23)13-15(28-20-19-13)18-14(22)11-9-10(3-4-12(11)17)29(24,25)21-5-7-26-8-6-21/h3-4,9H,2,5-8H2,1H3,(H,18,22). The van der Waals surface area contributed by atoms with Gasteiger partial charge in [0, 0.05) is 24.6 Å². The number of benzene rings is 1. The van der Waals surface area contributed by atoms with Crippen LogP contribution in [0.15, 0.2) is 23.1 Å². The van der Waals surface area contributed by atoms with E-state index in [1.807, 2.05) is 0 Å². The van der Waals surface area contributed by atoms with Gasteiger partial charge in [-0.2, -0.15) is 4.31 Å². The summed E-state index contributed by atoms with van der Waals surface area (Å²) in [5, 5.41) is 5.89. The topological polar surface area (TPSA) is 128 Å². The SMILES string of the molecule is CCOC(=O)c1nnsc1NC(=O)c1cc(S(=O)(=O)N2CCOCC2)ccc1F. The molecule has 1 aromatic carbocycles. The molecule has 1 aliphatic heterocycles. The van der Waals surface area contributed by atoms with Crippen molar-refractivity contribution < 1.29 is 31.9 Å². The van der Waals surface area contributed by atoms with Crippen LogP contribution in [-0.4, -0.2) is 67.1 Å². The number of rotatable bonds is 6. The molecule has 1 aromatic heterocycles. The van der Waals surface area contributed by atoms with E-state index < -0.39 is 33.3 Å². The van der Waals surface area contributed by atoms with Crippen molar-refractivity contribution in [2.45, 2.75) is 11.8 Å². The molecule has 0 atom stereocenters. The normalized spacial score (nSPS) is 15.1. The molecule has 1 saturated heterocycles. The molecule has 0 aliphatic carbocycles. The van der Waals surface area contributed by atoms with Crippen LogP contribution in [0.2, 0.25) is 0 Å². The van der Waals surface area contributed by atoms with Gasteiger partial charge in [0.1, 0.15) is 5.82 Å². The second-order valence-corrected chi connectivity index (χ2v) is 8.48. The van der Waals surface area contributed by atoms with Gasteiger partial charge in [0.15, 0.2) is 5.00 Å². The van der Waals surface area contributed by atoms with E-state index in [2.05, 4.69) is 14.9 Å². The van der Waals surface area contributed by atoms with Crippen LogP contribution in [0.4, 0.5) is 9.39 Å². The molecule has 0 unspecified atom stereocenters. The number of ether oxygens (including phenoxy) is 2. The van der Waals surface area contributed by atoms with E-state index in [0.29, 0.717) is 11.5 Å². The third-order valence-electron chi connectivity index (χ3n) is 3.97. The lowest BCUT2D eigenvalue weighted by Crippen LogP contribution is -2.40. The van der Waals surface area contributed by atoms with Crippen molar-refractivity contribution in [1.29, 1.82) is 0 Å². The van der Waals surface area contributed by atoms with Crippen LogP contribution in [0.25, 0.3) is 0 Å². The Labute approximate surface area is 169 Å². The molecule has 0 radical (unpaired) electrons. The van der Waals surface area contributed by atoms with Gasteiger partial charge >= 0.3 is 5.97 Å². The molecule has 2 heterocycles. The summed E-state index contributed by atoms with van der Waals surface area (Å²) in [4.78, 5) is 24.2. The molecular formula is C16H17FN4O6S2. The summed E-state index contributed by atoms with van der Waals surface area (Å²) in [6, 6.07) is 2.95. The Kier molecular flexibility index (Phi) is 6.52. The largest absolute Gasteiger partial charge is 0.461 e. The fourth-order valence-corrected chi connectivity index (χ4v) is 4.54. The fraction of sp³-hybridized carbons (Fsp3) is 0.375. The molecule has 1 N–H and O–H groups in total. The molecular weight excluding hydrogens is 427 g/mol. The summed E-state index contributed by atoms with van der Waals surface area (Å²) in [5.41, 5.74) is -0.717. The van der Waals surface area contributed by atoms with Crippen molar-refractivity contribution in [3.63, 3.8) is 0 Å². The molecule has 29 heavy (non-hydrogen) atoms. The van der Waals surface area contributed by atoms with Gasteiger partial charge in [-0.25, -0.2) is 17.6 Å². The molecule has 13 heteroatoms. The smallest absolute Gasteiger partial charge is 0.362 e. The second kappa shape index (κ2) is 8.90. The zero-order valence-corrected chi connectivity index (χ0v) is 16.9. The first-order valence-corrected chi connectivity index (χ1v) is 10.7. The molecule has 156 valence electrons. The van der Waals surface area contributed by atoms with Crippen LogP contribution in [-0.2, 0) is 19.5 Å². The van der Waals surface area contributed by atoms with Crippen LogP contribution < -0.4 is 5.32 Å². The number of hydrogen-bond donors (Lipinski definition) is 1. The predicted octanol–water partition coefficient (Wildman–Crippen LogP) is 1.13. The lowest BCUT2D eigenvalue weighted by Gasteiger charge is -2.26. The maximum atomic E-state index is 14.3. The molecule has 1 aliphatic rings. The Hall–Kier alpha value is -2.48. The van der Waals surface area contributed by atoms with Crippen LogP contribution >= 0.6 is 11.5 Å². The van der Waals surface area contributed by atoms with Crippen molar-refractivity contribution in [2.75, 3.05) is 38.2 Å². The zero-order chi connectivity index (χ0) is 21.0. The highest BCUT2D eigenvalue weighted by molar-refractivity contribution is 7.89. The molecule has 3 rings (SSSR count). The molecule has 0 spiro atoms. The third-order valence-corrected chi connectivity index (χ3v) is 6.51. The quantitative estimate of drug-likeness (QED) is 0.657. The summed E-state index contributed by atoms with van der Waals surface area (Å²) in [7, 11) is -3.92. The van der Waals surface area contributed by atoms with Crippen LogP contribution in [0, 0.1) is 5.82 Å². The Morgan fingerprint density at radius 3 is 2.76 bits per heavy atom. The number of halogens is 1. The average Bonchev–Trinajstić information content (AvgIpc) is 3.17. The predicted molar refractivity (Wildman–Crippen MR) is 99.8 cm³/mol. The van der Waals surface area contributed by atoms with Gasteiger partial charge in [-0.3, -0.25) is 4.79 Å². The lowest BCUT2D eigenvalue weighted by molar-refractivity contribution is 0.0520. The number of amides is 1. The Morgan fingerprint density at radius 1 is 1.34 bits per heavy atom. The first kappa shape index (κ1) is 21.2. The van der Waals surface area contributed by atoms with E-state index in [1.165, 1.54) is 4.31 Å². The number of carbonyl (C=O) groups excluding carboxylic acids is 2. The molecule has 1 amide bonds. The zero-order valence-electron chi connectivity index (χ0n) is 15.3. The number of nitrogens with one attached hydrogen (secondary N) is 1. The summed E-state index contributed by atoms with van der Waals surface area (Å²) >= 11 is 0.708. The lowest BCUT2D eigenvalue weighted by atomic mass is 10.2. The summed E-state index contributed by atoms with van der Waals surface area (Å²) < 4.78 is 54.5. The first-order valence-electron chi connectivity index (χ1n) is 8.53. The molecule has 1 fully saturated rings. The van der Waals surface area contributed by atoms with Gasteiger partial charge in [0.25, 0.3) is 5.91 Å². The number of nitrogens with zero attached hydrogens (tertiary/aromatic N) is 3. The minimum absolute atomic E-state index is 0.0331. The third kappa shape index (κ3) is 4.58. The number of morpholine rings is 1. The van der Waals surface area contributed by atoms with Gasteiger partial charge in [-0.05, 0) is 25.1 Å². The molecule has 10 nitrogen and oxygen atoms in total. The minimum atomic E-state index is -3.92. The summed E-state index contributed by atoms with van der Waals surface area (Å²) in [6.45, 7) is 2.53. The van der Waals surface area contributed by atoms with Gasteiger partial charge in [-0.15, -0.1) is 5.10 Å². The first-order chi connectivity index (χ1) is 13.8. The number of anilines is 1. The van der Waals surface area contributed by atoms with E-state index in [-0.39, 0.29) is 48.5 Å². The van der Waals surface area contributed by atoms with Crippen LogP contribution in [0.1, 0.15) is 27.8 Å². The Bertz CT molecular complexity index is 1020. The highest BCUT2D eigenvalue weighted by atomic mass is 32.2. The monoisotopic (exact) mass is 444 g/mol. The highest BCUT2D eigenvalue weighted by Gasteiger charge is 2.28. The second-order valence-electron chi connectivity index (χ2n) is 5.78. The van der Waals surface area contributed by atoms with E-state index >= 15 is 0 Å². The number of hydrogen-bond acceptors (Lipinski definition) is 9. The van der Waals surface area contributed by atoms with Gasteiger partial charge in [-0.1, -0.05) is 4.49 Å². The average molecular weight is 444 g/mol. The van der Waals surface area contributed by atoms with E-state index in [9.17, 15) is 22.4 Å². The number of aromatic nitrogens is 2. The highest BCUT2D eigenvalue weighted by Crippen LogP contribution is 2.23. The number of esters is 1. The Morgan fingerprint density at radius 2 is 2.07 bits per heavy atom. The number of carbonyl (C=O) groups is 2. The van der Waals surface area contributed by atoms with Crippen molar-refractivity contribution in [2.24, 2.45) is 0 Å². The van der Waals surface area contributed by atoms with Crippen LogP contribution in [0.3, 0.4) is 0 Å². The van der Waals surface area contributed by atoms with Gasteiger partial charge in [0.05, 0.1) is 30.3 Å². The maximum absolute atomic E-state index is 14.3. The minimum Gasteiger partial charge on any atom is -0.461 e. The Balaban J connectivity index is 1.86. The van der Waals surface area contributed by atoms with Crippen molar-refractivity contribution in [3.05, 3.63) is 35.3 Å². The maximum Gasteiger partial charge on any atom is 0.362 e.